The fraction of sp³-hybridized carbons (Fsp3) is 0.0625. The average molecular weight is 306 g/mol. The number of rotatable bonds is 2. The summed E-state index contributed by atoms with van der Waals surface area (Å²) in [5, 5.41) is 9.03. The predicted molar refractivity (Wildman–Crippen MR) is 72.3 cm³/mol. The van der Waals surface area contributed by atoms with E-state index < -0.39 is 29.0 Å². The van der Waals surface area contributed by atoms with E-state index >= 15 is 0 Å². The molecule has 0 amide bonds. The highest BCUT2D eigenvalue weighted by molar-refractivity contribution is 5.92. The Kier molecular flexibility index (Phi) is 3.36. The maximum Gasteiger partial charge on any atom is 0.335 e. The van der Waals surface area contributed by atoms with E-state index in [1.54, 1.807) is 0 Å². The second-order valence-electron chi connectivity index (χ2n) is 4.69. The summed E-state index contributed by atoms with van der Waals surface area (Å²) < 4.78 is 46.3. The zero-order valence-corrected chi connectivity index (χ0v) is 11.1. The number of carboxylic acid groups (broad SMARTS) is 1. The predicted octanol–water partition coefficient (Wildman–Crippen LogP) is 3.63. The molecule has 0 spiro atoms. The molecule has 1 heterocycles. The zero-order chi connectivity index (χ0) is 15.9. The third-order valence-corrected chi connectivity index (χ3v) is 3.32. The lowest BCUT2D eigenvalue weighted by Crippen LogP contribution is -2.09. The Bertz CT molecular complexity index is 789. The van der Waals surface area contributed by atoms with Crippen LogP contribution in [-0.4, -0.2) is 17.7 Å². The van der Waals surface area contributed by atoms with Crippen molar-refractivity contribution in [2.75, 3.05) is 6.61 Å². The van der Waals surface area contributed by atoms with Crippen LogP contribution in [0.15, 0.2) is 36.4 Å². The summed E-state index contributed by atoms with van der Waals surface area (Å²) in [4.78, 5) is 11.1. The van der Waals surface area contributed by atoms with Gasteiger partial charge >= 0.3 is 5.97 Å². The zero-order valence-electron chi connectivity index (χ0n) is 11.1. The molecule has 112 valence electrons. The quantitative estimate of drug-likeness (QED) is 0.921. The van der Waals surface area contributed by atoms with E-state index in [-0.39, 0.29) is 23.3 Å². The second-order valence-corrected chi connectivity index (χ2v) is 4.69. The minimum atomic E-state index is -1.17. The van der Waals surface area contributed by atoms with Crippen LogP contribution in [0.4, 0.5) is 13.2 Å². The molecule has 2 aromatic rings. The van der Waals surface area contributed by atoms with Crippen molar-refractivity contribution in [3.05, 3.63) is 70.5 Å². The van der Waals surface area contributed by atoms with Gasteiger partial charge in [-0.05, 0) is 29.8 Å². The molecule has 1 aliphatic rings. The van der Waals surface area contributed by atoms with Crippen molar-refractivity contribution in [2.45, 2.75) is 0 Å². The SMILES string of the molecule is O=C(O)c1ccc2c(c1)C(c1c(F)cc(F)cc1F)=CCO2. The van der Waals surface area contributed by atoms with E-state index in [0.29, 0.717) is 17.9 Å². The van der Waals surface area contributed by atoms with Crippen LogP contribution in [-0.2, 0) is 0 Å². The molecule has 0 aromatic heterocycles. The molecule has 1 N–H and O–H groups in total. The van der Waals surface area contributed by atoms with Gasteiger partial charge in [-0.15, -0.1) is 0 Å². The standard InChI is InChI=1S/C16H9F3O3/c17-9-6-12(18)15(13(19)7-9)10-3-4-22-14-2-1-8(16(20)21)5-11(10)14/h1-3,5-7H,4H2,(H,20,21). The van der Waals surface area contributed by atoms with Gasteiger partial charge in [0.2, 0.25) is 0 Å². The van der Waals surface area contributed by atoms with Crippen LogP contribution < -0.4 is 4.74 Å². The molecule has 0 aliphatic carbocycles. The number of hydrogen-bond donors (Lipinski definition) is 1. The summed E-state index contributed by atoms with van der Waals surface area (Å²) in [6.45, 7) is 0.0744. The van der Waals surface area contributed by atoms with Crippen molar-refractivity contribution in [3.8, 4) is 5.75 Å². The minimum absolute atomic E-state index is 0.0434. The summed E-state index contributed by atoms with van der Waals surface area (Å²) in [5.41, 5.74) is -0.0681. The first-order chi connectivity index (χ1) is 10.5. The largest absolute Gasteiger partial charge is 0.489 e. The lowest BCUT2D eigenvalue weighted by Gasteiger charge is -2.20. The number of ether oxygens (including phenoxy) is 1. The first kappa shape index (κ1) is 14.2. The minimum Gasteiger partial charge on any atom is -0.489 e. The Hall–Kier alpha value is -2.76. The topological polar surface area (TPSA) is 46.5 Å². The fourth-order valence-electron chi connectivity index (χ4n) is 2.36. The molecule has 0 saturated heterocycles. The Morgan fingerprint density at radius 1 is 1.09 bits per heavy atom. The van der Waals surface area contributed by atoms with Crippen LogP contribution in [0, 0.1) is 17.5 Å². The molecule has 3 rings (SSSR count). The van der Waals surface area contributed by atoms with Crippen molar-refractivity contribution in [2.24, 2.45) is 0 Å². The summed E-state index contributed by atoms with van der Waals surface area (Å²) in [7, 11) is 0. The average Bonchev–Trinajstić information content (AvgIpc) is 2.45. The van der Waals surface area contributed by atoms with Gasteiger partial charge in [-0.2, -0.15) is 0 Å². The molecule has 2 aromatic carbocycles. The highest BCUT2D eigenvalue weighted by Crippen LogP contribution is 2.37. The number of aromatic carboxylic acids is 1. The molecular formula is C16H9F3O3. The van der Waals surface area contributed by atoms with Gasteiger partial charge in [-0.25, -0.2) is 18.0 Å². The lowest BCUT2D eigenvalue weighted by atomic mass is 9.93. The maximum absolute atomic E-state index is 14.0. The Morgan fingerprint density at radius 2 is 1.77 bits per heavy atom. The van der Waals surface area contributed by atoms with Gasteiger partial charge in [0.25, 0.3) is 0 Å². The van der Waals surface area contributed by atoms with E-state index in [4.69, 9.17) is 9.84 Å². The van der Waals surface area contributed by atoms with Crippen LogP contribution in [0.1, 0.15) is 21.5 Å². The van der Waals surface area contributed by atoms with Crippen molar-refractivity contribution in [1.29, 1.82) is 0 Å². The monoisotopic (exact) mass is 306 g/mol. The van der Waals surface area contributed by atoms with Gasteiger partial charge in [0.05, 0.1) is 11.1 Å². The van der Waals surface area contributed by atoms with E-state index in [0.717, 1.165) is 0 Å². The molecule has 0 atom stereocenters. The van der Waals surface area contributed by atoms with Crippen LogP contribution in [0.3, 0.4) is 0 Å². The molecule has 6 heteroatoms. The van der Waals surface area contributed by atoms with Crippen molar-refractivity contribution < 1.29 is 27.8 Å². The van der Waals surface area contributed by atoms with Gasteiger partial charge in [0, 0.05) is 17.7 Å². The molecule has 0 unspecified atom stereocenters. The number of halogens is 3. The number of benzene rings is 2. The van der Waals surface area contributed by atoms with E-state index in [1.807, 2.05) is 0 Å². The van der Waals surface area contributed by atoms with E-state index in [1.165, 1.54) is 24.3 Å². The summed E-state index contributed by atoms with van der Waals surface area (Å²) >= 11 is 0. The lowest BCUT2D eigenvalue weighted by molar-refractivity contribution is 0.0697. The highest BCUT2D eigenvalue weighted by Gasteiger charge is 2.23. The second kappa shape index (κ2) is 5.22. The van der Waals surface area contributed by atoms with Crippen LogP contribution >= 0.6 is 0 Å². The first-order valence-corrected chi connectivity index (χ1v) is 6.33. The fourth-order valence-corrected chi connectivity index (χ4v) is 2.36. The Labute approximate surface area is 123 Å². The molecule has 0 bridgehead atoms. The van der Waals surface area contributed by atoms with Crippen molar-refractivity contribution in [3.63, 3.8) is 0 Å². The summed E-state index contributed by atoms with van der Waals surface area (Å²) in [6, 6.07) is 5.18. The summed E-state index contributed by atoms with van der Waals surface area (Å²) in [6.07, 6.45) is 1.42. The molecule has 0 fully saturated rings. The molecule has 1 aliphatic heterocycles. The number of carbonyl (C=O) groups is 1. The van der Waals surface area contributed by atoms with Crippen LogP contribution in [0.25, 0.3) is 5.57 Å². The molecular weight excluding hydrogens is 297 g/mol. The smallest absolute Gasteiger partial charge is 0.335 e. The van der Waals surface area contributed by atoms with Gasteiger partial charge in [-0.1, -0.05) is 0 Å². The van der Waals surface area contributed by atoms with Gasteiger partial charge < -0.3 is 9.84 Å². The highest BCUT2D eigenvalue weighted by atomic mass is 19.1. The number of hydrogen-bond acceptors (Lipinski definition) is 2. The third-order valence-electron chi connectivity index (χ3n) is 3.32. The first-order valence-electron chi connectivity index (χ1n) is 6.33. The maximum atomic E-state index is 14.0. The van der Waals surface area contributed by atoms with E-state index in [9.17, 15) is 18.0 Å². The van der Waals surface area contributed by atoms with Gasteiger partial charge in [0.1, 0.15) is 29.8 Å². The van der Waals surface area contributed by atoms with Crippen LogP contribution in [0.2, 0.25) is 0 Å². The Morgan fingerprint density at radius 3 is 2.41 bits per heavy atom. The Balaban J connectivity index is 2.21. The number of fused-ring (bicyclic) bond motifs is 1. The van der Waals surface area contributed by atoms with Crippen molar-refractivity contribution >= 4 is 11.5 Å². The molecule has 0 radical (unpaired) electrons. The van der Waals surface area contributed by atoms with E-state index in [2.05, 4.69) is 0 Å². The van der Waals surface area contributed by atoms with Gasteiger partial charge in [-0.3, -0.25) is 0 Å². The van der Waals surface area contributed by atoms with Gasteiger partial charge in [0.15, 0.2) is 0 Å². The summed E-state index contributed by atoms with van der Waals surface area (Å²) in [5.74, 6) is -4.00. The normalized spacial score (nSPS) is 13.1. The number of carboxylic acids is 1. The van der Waals surface area contributed by atoms with Crippen molar-refractivity contribution in [1.82, 2.24) is 0 Å². The third kappa shape index (κ3) is 2.32. The molecule has 3 nitrogen and oxygen atoms in total. The molecule has 22 heavy (non-hydrogen) atoms. The van der Waals surface area contributed by atoms with Crippen LogP contribution in [0.5, 0.6) is 5.75 Å². The molecule has 0 saturated carbocycles.